The molecule has 3 nitrogen and oxygen atoms in total. The maximum Gasteiger partial charge on any atom is 0.220 e. The number of nitrogens with one attached hydrogen (secondary N) is 1. The molecule has 1 fully saturated rings. The number of hydrogen-bond donors (Lipinski definition) is 1. The van der Waals surface area contributed by atoms with E-state index >= 15 is 0 Å². The van der Waals surface area contributed by atoms with Crippen LogP contribution in [0.3, 0.4) is 0 Å². The van der Waals surface area contributed by atoms with Crippen molar-refractivity contribution in [2.24, 2.45) is 0 Å². The first kappa shape index (κ1) is 18.2. The van der Waals surface area contributed by atoms with E-state index in [1.54, 1.807) is 11.3 Å². The summed E-state index contributed by atoms with van der Waals surface area (Å²) in [5.74, 6) is 0.608. The van der Waals surface area contributed by atoms with Gasteiger partial charge in [0.05, 0.1) is 12.1 Å². The zero-order valence-electron chi connectivity index (χ0n) is 15.0. The number of thiophene rings is 1. The highest BCUT2D eigenvalue weighted by Gasteiger charge is 2.20. The molecule has 25 heavy (non-hydrogen) atoms. The van der Waals surface area contributed by atoms with Gasteiger partial charge < -0.3 is 10.1 Å². The summed E-state index contributed by atoms with van der Waals surface area (Å²) < 4.78 is 5.62. The summed E-state index contributed by atoms with van der Waals surface area (Å²) in [4.78, 5) is 13.7. The fourth-order valence-electron chi connectivity index (χ4n) is 3.24. The number of carbonyl (C=O) groups is 1. The lowest BCUT2D eigenvalue weighted by molar-refractivity contribution is -0.122. The van der Waals surface area contributed by atoms with Gasteiger partial charge >= 0.3 is 0 Å². The van der Waals surface area contributed by atoms with Gasteiger partial charge in [-0.2, -0.15) is 0 Å². The average Bonchev–Trinajstić information content (AvgIpc) is 3.31. The SMILES string of the molecule is CC(C)c1ccc(C(NC(=O)CCC2CCCO2)c2cccs2)cc1. The molecule has 134 valence electrons. The summed E-state index contributed by atoms with van der Waals surface area (Å²) in [6, 6.07) is 12.7. The fraction of sp³-hybridized carbons (Fsp3) is 0.476. The number of amides is 1. The van der Waals surface area contributed by atoms with Gasteiger partial charge in [0.25, 0.3) is 0 Å². The quantitative estimate of drug-likeness (QED) is 0.754. The molecule has 1 aliphatic rings. The van der Waals surface area contributed by atoms with E-state index in [-0.39, 0.29) is 18.1 Å². The first-order valence-corrected chi connectivity index (χ1v) is 10.1. The van der Waals surface area contributed by atoms with Crippen LogP contribution >= 0.6 is 11.3 Å². The van der Waals surface area contributed by atoms with Crippen LogP contribution in [0.5, 0.6) is 0 Å². The van der Waals surface area contributed by atoms with Gasteiger partial charge in [0.15, 0.2) is 0 Å². The molecule has 3 rings (SSSR count). The van der Waals surface area contributed by atoms with Crippen molar-refractivity contribution in [1.82, 2.24) is 5.32 Å². The zero-order valence-corrected chi connectivity index (χ0v) is 15.9. The number of hydrogen-bond acceptors (Lipinski definition) is 3. The van der Waals surface area contributed by atoms with Crippen LogP contribution in [0.4, 0.5) is 0 Å². The van der Waals surface area contributed by atoms with Gasteiger partial charge in [-0.25, -0.2) is 0 Å². The summed E-state index contributed by atoms with van der Waals surface area (Å²) in [7, 11) is 0. The first-order valence-electron chi connectivity index (χ1n) is 9.17. The summed E-state index contributed by atoms with van der Waals surface area (Å²) in [5.41, 5.74) is 2.45. The Morgan fingerprint density at radius 3 is 2.60 bits per heavy atom. The molecule has 2 aromatic rings. The number of benzene rings is 1. The second-order valence-corrected chi connectivity index (χ2v) is 7.99. The summed E-state index contributed by atoms with van der Waals surface area (Å²) in [5, 5.41) is 5.28. The largest absolute Gasteiger partial charge is 0.378 e. The van der Waals surface area contributed by atoms with Crippen LogP contribution in [0.2, 0.25) is 0 Å². The first-order chi connectivity index (χ1) is 12.1. The van der Waals surface area contributed by atoms with E-state index in [4.69, 9.17) is 4.74 Å². The third kappa shape index (κ3) is 4.93. The highest BCUT2D eigenvalue weighted by atomic mass is 32.1. The second kappa shape index (κ2) is 8.63. The summed E-state index contributed by atoms with van der Waals surface area (Å²) in [6.45, 7) is 5.23. The van der Waals surface area contributed by atoms with E-state index in [1.807, 2.05) is 6.07 Å². The Hall–Kier alpha value is -1.65. The molecule has 1 N–H and O–H groups in total. The van der Waals surface area contributed by atoms with Gasteiger partial charge in [-0.3, -0.25) is 4.79 Å². The predicted octanol–water partition coefficient (Wildman–Crippen LogP) is 5.04. The molecule has 0 aliphatic carbocycles. The Balaban J connectivity index is 1.68. The minimum Gasteiger partial charge on any atom is -0.378 e. The molecular weight excluding hydrogens is 330 g/mol. The third-order valence-electron chi connectivity index (χ3n) is 4.79. The lowest BCUT2D eigenvalue weighted by atomic mass is 9.98. The highest BCUT2D eigenvalue weighted by Crippen LogP contribution is 2.28. The Kier molecular flexibility index (Phi) is 6.27. The van der Waals surface area contributed by atoms with Crippen molar-refractivity contribution in [3.8, 4) is 0 Å². The molecule has 4 heteroatoms. The van der Waals surface area contributed by atoms with E-state index < -0.39 is 0 Å². The molecule has 0 saturated carbocycles. The van der Waals surface area contributed by atoms with Gasteiger partial charge in [0, 0.05) is 17.9 Å². The monoisotopic (exact) mass is 357 g/mol. The standard InChI is InChI=1S/C21H27NO2S/c1-15(2)16-7-9-17(10-8-16)21(19-6-4-14-25-19)22-20(23)12-11-18-5-3-13-24-18/h4,6-10,14-15,18,21H,3,5,11-13H2,1-2H3,(H,22,23). The van der Waals surface area contributed by atoms with Crippen LogP contribution in [-0.4, -0.2) is 18.6 Å². The Morgan fingerprint density at radius 1 is 1.24 bits per heavy atom. The molecule has 0 spiro atoms. The predicted molar refractivity (Wildman–Crippen MR) is 103 cm³/mol. The lowest BCUT2D eigenvalue weighted by Gasteiger charge is -2.19. The van der Waals surface area contributed by atoms with E-state index in [2.05, 4.69) is 54.9 Å². The molecule has 2 unspecified atom stereocenters. The molecule has 0 radical (unpaired) electrons. The van der Waals surface area contributed by atoms with Gasteiger partial charge in [-0.1, -0.05) is 44.2 Å². The molecule has 2 atom stereocenters. The molecule has 0 bridgehead atoms. The fourth-order valence-corrected chi connectivity index (χ4v) is 4.05. The molecule has 1 amide bonds. The van der Waals surface area contributed by atoms with Crippen LogP contribution < -0.4 is 5.32 Å². The molecule has 1 saturated heterocycles. The topological polar surface area (TPSA) is 38.3 Å². The van der Waals surface area contributed by atoms with E-state index in [0.29, 0.717) is 12.3 Å². The van der Waals surface area contributed by atoms with Gasteiger partial charge in [-0.05, 0) is 47.8 Å². The average molecular weight is 358 g/mol. The van der Waals surface area contributed by atoms with Gasteiger partial charge in [0.1, 0.15) is 0 Å². The molecule has 1 aromatic heterocycles. The summed E-state index contributed by atoms with van der Waals surface area (Å²) >= 11 is 1.68. The maximum absolute atomic E-state index is 12.5. The second-order valence-electron chi connectivity index (χ2n) is 7.01. The molecule has 1 aliphatic heterocycles. The normalized spacial score (nSPS) is 18.4. The van der Waals surface area contributed by atoms with E-state index in [9.17, 15) is 4.79 Å². The highest BCUT2D eigenvalue weighted by molar-refractivity contribution is 7.10. The van der Waals surface area contributed by atoms with E-state index in [0.717, 1.165) is 31.4 Å². The van der Waals surface area contributed by atoms with Crippen molar-refractivity contribution >= 4 is 17.2 Å². The van der Waals surface area contributed by atoms with Crippen LogP contribution in [0, 0.1) is 0 Å². The maximum atomic E-state index is 12.5. The Bertz CT molecular complexity index is 658. The minimum absolute atomic E-state index is 0.0711. The van der Waals surface area contributed by atoms with Gasteiger partial charge in [-0.15, -0.1) is 11.3 Å². The van der Waals surface area contributed by atoms with Crippen LogP contribution in [0.1, 0.15) is 67.5 Å². The van der Waals surface area contributed by atoms with Crippen molar-refractivity contribution in [1.29, 1.82) is 0 Å². The Morgan fingerprint density at radius 2 is 2.00 bits per heavy atom. The van der Waals surface area contributed by atoms with Crippen molar-refractivity contribution in [2.45, 2.75) is 57.6 Å². The summed E-state index contributed by atoms with van der Waals surface area (Å²) in [6.07, 6.45) is 3.80. The van der Waals surface area contributed by atoms with Crippen molar-refractivity contribution in [2.75, 3.05) is 6.61 Å². The number of ether oxygens (including phenoxy) is 1. The minimum atomic E-state index is -0.0711. The molecular formula is C21H27NO2S. The number of rotatable bonds is 7. The zero-order chi connectivity index (χ0) is 17.6. The number of carbonyl (C=O) groups excluding carboxylic acids is 1. The van der Waals surface area contributed by atoms with Crippen molar-refractivity contribution in [3.63, 3.8) is 0 Å². The lowest BCUT2D eigenvalue weighted by Crippen LogP contribution is -2.29. The smallest absolute Gasteiger partial charge is 0.220 e. The van der Waals surface area contributed by atoms with E-state index in [1.165, 1.54) is 10.4 Å². The molecule has 1 aromatic carbocycles. The van der Waals surface area contributed by atoms with Crippen LogP contribution in [0.25, 0.3) is 0 Å². The Labute approximate surface area is 154 Å². The van der Waals surface area contributed by atoms with Gasteiger partial charge in [0.2, 0.25) is 5.91 Å². The van der Waals surface area contributed by atoms with Crippen molar-refractivity contribution < 1.29 is 9.53 Å². The van der Waals surface area contributed by atoms with Crippen molar-refractivity contribution in [3.05, 3.63) is 57.8 Å². The van der Waals surface area contributed by atoms with Crippen LogP contribution in [-0.2, 0) is 9.53 Å². The molecule has 2 heterocycles. The van der Waals surface area contributed by atoms with Crippen LogP contribution in [0.15, 0.2) is 41.8 Å². The third-order valence-corrected chi connectivity index (χ3v) is 5.72.